The largest absolute Gasteiger partial charge is 0.493 e. The molecule has 1 heterocycles. The Bertz CT molecular complexity index is 625. The summed E-state index contributed by atoms with van der Waals surface area (Å²) in [5.74, 6) is 0.710. The summed E-state index contributed by atoms with van der Waals surface area (Å²) in [6, 6.07) is 2.66. The molecule has 0 saturated carbocycles. The minimum absolute atomic E-state index is 0. The zero-order valence-electron chi connectivity index (χ0n) is 12.4. The molecule has 1 atom stereocenters. The maximum absolute atomic E-state index is 12.8. The van der Waals surface area contributed by atoms with Crippen molar-refractivity contribution in [3.05, 3.63) is 17.2 Å². The molecular weight excluding hydrogens is 351 g/mol. The average Bonchev–Trinajstić information content (AvgIpc) is 2.95. The van der Waals surface area contributed by atoms with Gasteiger partial charge < -0.3 is 15.2 Å². The Hall–Kier alpha value is -0.730. The fourth-order valence-electron chi connectivity index (χ4n) is 2.52. The molecule has 2 rings (SSSR count). The second-order valence-electron chi connectivity index (χ2n) is 4.79. The van der Waals surface area contributed by atoms with Crippen molar-refractivity contribution in [2.24, 2.45) is 5.73 Å². The Morgan fingerprint density at radius 2 is 1.91 bits per heavy atom. The van der Waals surface area contributed by atoms with Crippen LogP contribution in [0.15, 0.2) is 17.0 Å². The molecule has 1 aliphatic heterocycles. The first kappa shape index (κ1) is 19.3. The van der Waals surface area contributed by atoms with Crippen molar-refractivity contribution in [3.63, 3.8) is 0 Å². The van der Waals surface area contributed by atoms with Crippen molar-refractivity contribution in [2.75, 3.05) is 27.3 Å². The highest BCUT2D eigenvalue weighted by molar-refractivity contribution is 7.89. The first-order valence-electron chi connectivity index (χ1n) is 6.59. The lowest BCUT2D eigenvalue weighted by molar-refractivity contribution is 0.353. The third-order valence-electron chi connectivity index (χ3n) is 3.62. The highest BCUT2D eigenvalue weighted by Gasteiger charge is 2.36. The van der Waals surface area contributed by atoms with Crippen molar-refractivity contribution in [2.45, 2.75) is 23.8 Å². The van der Waals surface area contributed by atoms with Gasteiger partial charge in [-0.3, -0.25) is 0 Å². The van der Waals surface area contributed by atoms with Crippen molar-refractivity contribution in [3.8, 4) is 11.5 Å². The van der Waals surface area contributed by atoms with Crippen LogP contribution in [-0.2, 0) is 10.0 Å². The van der Waals surface area contributed by atoms with E-state index < -0.39 is 10.0 Å². The molecule has 0 bridgehead atoms. The molecule has 1 fully saturated rings. The van der Waals surface area contributed by atoms with E-state index in [4.69, 9.17) is 26.8 Å². The summed E-state index contributed by atoms with van der Waals surface area (Å²) in [5.41, 5.74) is 5.65. The van der Waals surface area contributed by atoms with E-state index in [1.807, 2.05) is 0 Å². The van der Waals surface area contributed by atoms with Crippen molar-refractivity contribution in [1.82, 2.24) is 4.31 Å². The molecule has 6 nitrogen and oxygen atoms in total. The molecule has 0 radical (unpaired) electrons. The third-order valence-corrected chi connectivity index (χ3v) is 6.04. The molecule has 22 heavy (non-hydrogen) atoms. The van der Waals surface area contributed by atoms with Gasteiger partial charge in [0, 0.05) is 31.3 Å². The van der Waals surface area contributed by atoms with Crippen molar-refractivity contribution in [1.29, 1.82) is 0 Å². The second kappa shape index (κ2) is 7.70. The molecule has 0 amide bonds. The minimum atomic E-state index is -3.70. The molecule has 0 spiro atoms. The predicted molar refractivity (Wildman–Crippen MR) is 87.8 cm³/mol. The molecule has 1 unspecified atom stereocenters. The van der Waals surface area contributed by atoms with Gasteiger partial charge in [-0.05, 0) is 12.8 Å². The lowest BCUT2D eigenvalue weighted by Gasteiger charge is -2.23. The van der Waals surface area contributed by atoms with E-state index in [1.165, 1.54) is 30.7 Å². The lowest BCUT2D eigenvalue weighted by Crippen LogP contribution is -2.39. The molecule has 1 aromatic rings. The summed E-state index contributed by atoms with van der Waals surface area (Å²) in [4.78, 5) is 0.0159. The van der Waals surface area contributed by atoms with Crippen LogP contribution in [-0.4, -0.2) is 46.1 Å². The van der Waals surface area contributed by atoms with E-state index in [1.54, 1.807) is 0 Å². The smallest absolute Gasteiger partial charge is 0.244 e. The van der Waals surface area contributed by atoms with E-state index >= 15 is 0 Å². The zero-order chi connectivity index (χ0) is 15.6. The SMILES string of the molecule is COc1cc(Cl)c(S(=O)(=O)N2CCCC2CN)cc1OC.Cl. The Morgan fingerprint density at radius 3 is 2.45 bits per heavy atom. The summed E-state index contributed by atoms with van der Waals surface area (Å²) in [5, 5.41) is 0.107. The predicted octanol–water partition coefficient (Wildman–Crippen LogP) is 1.89. The van der Waals surface area contributed by atoms with Gasteiger partial charge in [-0.15, -0.1) is 12.4 Å². The fraction of sp³-hybridized carbons (Fsp3) is 0.538. The number of nitrogens with zero attached hydrogens (tertiary/aromatic N) is 1. The molecule has 1 aromatic carbocycles. The number of methoxy groups -OCH3 is 2. The molecule has 2 N–H and O–H groups in total. The van der Waals surface area contributed by atoms with E-state index in [9.17, 15) is 8.42 Å². The zero-order valence-corrected chi connectivity index (χ0v) is 14.8. The normalized spacial score (nSPS) is 18.8. The molecule has 1 aliphatic rings. The standard InChI is InChI=1S/C13H19ClN2O4S.ClH/c1-19-11-6-10(14)13(7-12(11)20-2)21(17,18)16-5-3-4-9(16)8-15;/h6-7,9H,3-5,8,15H2,1-2H3;1H. The van der Waals surface area contributed by atoms with Crippen LogP contribution in [0.1, 0.15) is 12.8 Å². The topological polar surface area (TPSA) is 81.9 Å². The van der Waals surface area contributed by atoms with E-state index in [0.29, 0.717) is 24.6 Å². The third kappa shape index (κ3) is 3.44. The highest BCUT2D eigenvalue weighted by atomic mass is 35.5. The van der Waals surface area contributed by atoms with Gasteiger partial charge in [0.05, 0.1) is 19.2 Å². The fourth-order valence-corrected chi connectivity index (χ4v) is 4.73. The quantitative estimate of drug-likeness (QED) is 0.855. The average molecular weight is 371 g/mol. The highest BCUT2D eigenvalue weighted by Crippen LogP contribution is 2.37. The molecule has 0 aliphatic carbocycles. The van der Waals surface area contributed by atoms with Gasteiger partial charge in [0.1, 0.15) is 4.90 Å². The summed E-state index contributed by atoms with van der Waals surface area (Å²) in [6.45, 7) is 0.749. The summed E-state index contributed by atoms with van der Waals surface area (Å²) in [7, 11) is -0.792. The number of nitrogens with two attached hydrogens (primary N) is 1. The van der Waals surface area contributed by atoms with E-state index in [2.05, 4.69) is 0 Å². The summed E-state index contributed by atoms with van der Waals surface area (Å²) < 4.78 is 37.2. The Balaban J connectivity index is 0.00000242. The molecule has 0 aromatic heterocycles. The van der Waals surface area contributed by atoms with Crippen LogP contribution in [0.4, 0.5) is 0 Å². The van der Waals surface area contributed by atoms with Gasteiger partial charge in [0.15, 0.2) is 11.5 Å². The van der Waals surface area contributed by atoms with Crippen LogP contribution in [0.25, 0.3) is 0 Å². The van der Waals surface area contributed by atoms with E-state index in [-0.39, 0.29) is 28.4 Å². The first-order valence-corrected chi connectivity index (χ1v) is 8.41. The van der Waals surface area contributed by atoms with Crippen LogP contribution in [0.3, 0.4) is 0 Å². The van der Waals surface area contributed by atoms with Crippen molar-refractivity contribution < 1.29 is 17.9 Å². The van der Waals surface area contributed by atoms with Crippen LogP contribution in [0, 0.1) is 0 Å². The van der Waals surface area contributed by atoms with Gasteiger partial charge in [0.2, 0.25) is 10.0 Å². The molecule has 9 heteroatoms. The molecular formula is C13H20Cl2N2O4S. The monoisotopic (exact) mass is 370 g/mol. The van der Waals surface area contributed by atoms with Crippen LogP contribution in [0.5, 0.6) is 11.5 Å². The number of benzene rings is 1. The molecule has 126 valence electrons. The number of hydrogen-bond donors (Lipinski definition) is 1. The number of rotatable bonds is 5. The maximum Gasteiger partial charge on any atom is 0.244 e. The van der Waals surface area contributed by atoms with Crippen LogP contribution >= 0.6 is 24.0 Å². The molecule has 1 saturated heterocycles. The first-order chi connectivity index (χ1) is 9.95. The number of hydrogen-bond acceptors (Lipinski definition) is 5. The lowest BCUT2D eigenvalue weighted by atomic mass is 10.2. The van der Waals surface area contributed by atoms with Crippen LogP contribution < -0.4 is 15.2 Å². The maximum atomic E-state index is 12.8. The summed E-state index contributed by atoms with van der Waals surface area (Å²) in [6.07, 6.45) is 1.56. The Labute approximate surface area is 142 Å². The Morgan fingerprint density at radius 1 is 1.32 bits per heavy atom. The van der Waals surface area contributed by atoms with Gasteiger partial charge in [0.25, 0.3) is 0 Å². The number of halogens is 2. The van der Waals surface area contributed by atoms with Gasteiger partial charge in [-0.2, -0.15) is 4.31 Å². The van der Waals surface area contributed by atoms with Gasteiger partial charge in [-0.1, -0.05) is 11.6 Å². The van der Waals surface area contributed by atoms with Gasteiger partial charge >= 0.3 is 0 Å². The van der Waals surface area contributed by atoms with Crippen molar-refractivity contribution >= 4 is 34.0 Å². The minimum Gasteiger partial charge on any atom is -0.493 e. The Kier molecular flexibility index (Phi) is 6.76. The van der Waals surface area contributed by atoms with Gasteiger partial charge in [-0.25, -0.2) is 8.42 Å². The van der Waals surface area contributed by atoms with E-state index in [0.717, 1.165) is 12.8 Å². The number of ether oxygens (including phenoxy) is 2. The second-order valence-corrected chi connectivity index (χ2v) is 7.05. The number of sulfonamides is 1. The summed E-state index contributed by atoms with van der Waals surface area (Å²) >= 11 is 6.12. The van der Waals surface area contributed by atoms with Crippen LogP contribution in [0.2, 0.25) is 5.02 Å².